The fourth-order valence-corrected chi connectivity index (χ4v) is 3.07. The van der Waals surface area contributed by atoms with Crippen LogP contribution in [0.3, 0.4) is 0 Å². The first-order valence-corrected chi connectivity index (χ1v) is 9.01. The number of hydrogen-bond acceptors (Lipinski definition) is 5. The van der Waals surface area contributed by atoms with Crippen molar-refractivity contribution in [3.63, 3.8) is 0 Å². The summed E-state index contributed by atoms with van der Waals surface area (Å²) in [6.07, 6.45) is 1.60. The van der Waals surface area contributed by atoms with Gasteiger partial charge in [-0.25, -0.2) is 4.68 Å². The lowest BCUT2D eigenvalue weighted by Gasteiger charge is -2.25. The Bertz CT molecular complexity index is 1010. The van der Waals surface area contributed by atoms with Crippen LogP contribution in [-0.2, 0) is 11.3 Å². The predicted octanol–water partition coefficient (Wildman–Crippen LogP) is 1.82. The van der Waals surface area contributed by atoms with E-state index in [1.807, 2.05) is 55.4 Å². The minimum absolute atomic E-state index is 0.00357. The number of rotatable bonds is 7. The summed E-state index contributed by atoms with van der Waals surface area (Å²) in [5.41, 5.74) is 0.791. The van der Waals surface area contributed by atoms with Crippen molar-refractivity contribution >= 4 is 16.7 Å². The molecule has 1 unspecified atom stereocenters. The van der Waals surface area contributed by atoms with E-state index >= 15 is 0 Å². The quantitative estimate of drug-likeness (QED) is 0.677. The molecule has 28 heavy (non-hydrogen) atoms. The molecule has 0 saturated heterocycles. The highest BCUT2D eigenvalue weighted by atomic mass is 16.5. The summed E-state index contributed by atoms with van der Waals surface area (Å²) in [5, 5.41) is 8.32. The largest absolute Gasteiger partial charge is 0.497 e. The minimum Gasteiger partial charge on any atom is -0.497 e. The zero-order valence-electron chi connectivity index (χ0n) is 16.3. The van der Waals surface area contributed by atoms with E-state index in [1.54, 1.807) is 25.4 Å². The first kappa shape index (κ1) is 19.6. The van der Waals surface area contributed by atoms with E-state index in [0.29, 0.717) is 11.9 Å². The third-order valence-electron chi connectivity index (χ3n) is 4.67. The smallest absolute Gasteiger partial charge is 0.275 e. The lowest BCUT2D eigenvalue weighted by molar-refractivity contribution is -0.122. The summed E-state index contributed by atoms with van der Waals surface area (Å²) in [4.78, 5) is 26.9. The zero-order valence-corrected chi connectivity index (χ0v) is 16.3. The SMILES string of the molecule is COc1ccc(C(CNC(=O)Cn2ncc3ccccc3c2=O)N(C)C)cc1. The van der Waals surface area contributed by atoms with Gasteiger partial charge in [-0.05, 0) is 37.9 Å². The van der Waals surface area contributed by atoms with Crippen LogP contribution in [0.4, 0.5) is 0 Å². The summed E-state index contributed by atoms with van der Waals surface area (Å²) < 4.78 is 6.38. The third-order valence-corrected chi connectivity index (χ3v) is 4.67. The molecule has 3 aromatic rings. The lowest BCUT2D eigenvalue weighted by Crippen LogP contribution is -2.38. The van der Waals surface area contributed by atoms with Crippen molar-refractivity contribution in [3.8, 4) is 5.75 Å². The molecule has 3 rings (SSSR count). The standard InChI is InChI=1S/C21H24N4O3/c1-24(2)19(15-8-10-17(28-3)11-9-15)13-22-20(26)14-25-21(27)18-7-5-4-6-16(18)12-23-25/h4-12,19H,13-14H2,1-3H3,(H,22,26). The van der Waals surface area contributed by atoms with Gasteiger partial charge in [-0.2, -0.15) is 5.10 Å². The van der Waals surface area contributed by atoms with Crippen LogP contribution in [0, 0.1) is 0 Å². The first-order chi connectivity index (χ1) is 13.5. The van der Waals surface area contributed by atoms with Crippen molar-refractivity contribution < 1.29 is 9.53 Å². The maximum Gasteiger partial charge on any atom is 0.275 e. The molecule has 0 aliphatic rings. The number of aromatic nitrogens is 2. The van der Waals surface area contributed by atoms with Gasteiger partial charge in [-0.1, -0.05) is 30.3 Å². The Labute approximate surface area is 163 Å². The number of benzene rings is 2. The number of amides is 1. The summed E-state index contributed by atoms with van der Waals surface area (Å²) >= 11 is 0. The van der Waals surface area contributed by atoms with Gasteiger partial charge in [-0.15, -0.1) is 0 Å². The Morgan fingerprint density at radius 1 is 1.18 bits per heavy atom. The average molecular weight is 380 g/mol. The topological polar surface area (TPSA) is 76.5 Å². The van der Waals surface area contributed by atoms with Crippen molar-refractivity contribution in [2.45, 2.75) is 12.6 Å². The fourth-order valence-electron chi connectivity index (χ4n) is 3.07. The number of ether oxygens (including phenoxy) is 1. The van der Waals surface area contributed by atoms with E-state index < -0.39 is 0 Å². The second kappa shape index (κ2) is 8.67. The highest BCUT2D eigenvalue weighted by Gasteiger charge is 2.16. The maximum absolute atomic E-state index is 12.5. The van der Waals surface area contributed by atoms with Crippen LogP contribution >= 0.6 is 0 Å². The summed E-state index contributed by atoms with van der Waals surface area (Å²) in [6.45, 7) is 0.299. The van der Waals surface area contributed by atoms with Crippen LogP contribution in [0.25, 0.3) is 10.8 Å². The molecule has 1 atom stereocenters. The number of carbonyl (C=O) groups excluding carboxylic acids is 1. The number of fused-ring (bicyclic) bond motifs is 1. The molecule has 0 fully saturated rings. The third kappa shape index (κ3) is 4.37. The fraction of sp³-hybridized carbons (Fsp3) is 0.286. The van der Waals surface area contributed by atoms with Crippen LogP contribution in [0.2, 0.25) is 0 Å². The van der Waals surface area contributed by atoms with Gasteiger partial charge in [0.1, 0.15) is 12.3 Å². The van der Waals surface area contributed by atoms with Crippen molar-refractivity contribution in [1.82, 2.24) is 20.0 Å². The summed E-state index contributed by atoms with van der Waals surface area (Å²) in [7, 11) is 5.54. The molecule has 1 N–H and O–H groups in total. The molecule has 0 saturated carbocycles. The highest BCUT2D eigenvalue weighted by molar-refractivity contribution is 5.81. The van der Waals surface area contributed by atoms with Crippen LogP contribution in [0.1, 0.15) is 11.6 Å². The van der Waals surface area contributed by atoms with E-state index in [0.717, 1.165) is 16.7 Å². The average Bonchev–Trinajstić information content (AvgIpc) is 2.70. The van der Waals surface area contributed by atoms with Crippen molar-refractivity contribution in [1.29, 1.82) is 0 Å². The molecule has 1 heterocycles. The van der Waals surface area contributed by atoms with Crippen LogP contribution in [-0.4, -0.2) is 48.3 Å². The van der Waals surface area contributed by atoms with E-state index in [-0.39, 0.29) is 24.1 Å². The van der Waals surface area contributed by atoms with Crippen LogP contribution in [0.15, 0.2) is 59.5 Å². The number of methoxy groups -OCH3 is 1. The summed E-state index contributed by atoms with van der Waals surface area (Å²) in [6, 6.07) is 14.9. The van der Waals surface area contributed by atoms with Crippen molar-refractivity contribution in [2.75, 3.05) is 27.7 Å². The lowest BCUT2D eigenvalue weighted by atomic mass is 10.1. The molecule has 2 aromatic carbocycles. The zero-order chi connectivity index (χ0) is 20.1. The molecule has 0 radical (unpaired) electrons. The molecule has 7 heteroatoms. The highest BCUT2D eigenvalue weighted by Crippen LogP contribution is 2.20. The number of likely N-dealkylation sites (N-methyl/N-ethyl adjacent to an activating group) is 1. The van der Waals surface area contributed by atoms with Crippen molar-refractivity contribution in [3.05, 3.63) is 70.6 Å². The van der Waals surface area contributed by atoms with Gasteiger partial charge in [0.05, 0.1) is 24.7 Å². The van der Waals surface area contributed by atoms with Gasteiger partial charge in [0.25, 0.3) is 5.56 Å². The Hall–Kier alpha value is -3.19. The maximum atomic E-state index is 12.5. The molecule has 0 aliphatic carbocycles. The Morgan fingerprint density at radius 3 is 2.57 bits per heavy atom. The first-order valence-electron chi connectivity index (χ1n) is 9.01. The Kier molecular flexibility index (Phi) is 6.06. The Balaban J connectivity index is 1.68. The van der Waals surface area contributed by atoms with Gasteiger partial charge < -0.3 is 15.0 Å². The number of nitrogens with one attached hydrogen (secondary N) is 1. The van der Waals surface area contributed by atoms with Crippen LogP contribution < -0.4 is 15.6 Å². The second-order valence-corrected chi connectivity index (χ2v) is 6.75. The molecule has 146 valence electrons. The molecular formula is C21H24N4O3. The summed E-state index contributed by atoms with van der Waals surface area (Å²) in [5.74, 6) is 0.525. The molecule has 1 aromatic heterocycles. The molecule has 0 spiro atoms. The van der Waals surface area contributed by atoms with E-state index in [2.05, 4.69) is 10.4 Å². The Morgan fingerprint density at radius 2 is 1.89 bits per heavy atom. The molecule has 0 bridgehead atoms. The van der Waals surface area contributed by atoms with E-state index in [4.69, 9.17) is 4.74 Å². The van der Waals surface area contributed by atoms with Gasteiger partial charge in [0.2, 0.25) is 5.91 Å². The van der Waals surface area contributed by atoms with E-state index in [9.17, 15) is 9.59 Å². The van der Waals surface area contributed by atoms with Crippen LogP contribution in [0.5, 0.6) is 5.75 Å². The monoisotopic (exact) mass is 380 g/mol. The minimum atomic E-state index is -0.271. The van der Waals surface area contributed by atoms with Gasteiger partial charge >= 0.3 is 0 Å². The predicted molar refractivity (Wildman–Crippen MR) is 108 cm³/mol. The number of carbonyl (C=O) groups is 1. The van der Waals surface area contributed by atoms with E-state index in [1.165, 1.54) is 4.68 Å². The number of hydrogen-bond donors (Lipinski definition) is 1. The van der Waals surface area contributed by atoms with Gasteiger partial charge in [0.15, 0.2) is 0 Å². The molecular weight excluding hydrogens is 356 g/mol. The molecule has 7 nitrogen and oxygen atoms in total. The molecule has 1 amide bonds. The van der Waals surface area contributed by atoms with Gasteiger partial charge in [0, 0.05) is 11.9 Å². The normalized spacial score (nSPS) is 12.1. The number of nitrogens with zero attached hydrogens (tertiary/aromatic N) is 3. The molecule has 0 aliphatic heterocycles. The second-order valence-electron chi connectivity index (χ2n) is 6.75. The van der Waals surface area contributed by atoms with Gasteiger partial charge in [-0.3, -0.25) is 9.59 Å². The van der Waals surface area contributed by atoms with Crippen molar-refractivity contribution in [2.24, 2.45) is 0 Å².